The maximum Gasteiger partial charge on any atom is 0.417 e. The van der Waals surface area contributed by atoms with Gasteiger partial charge in [0.2, 0.25) is 5.91 Å². The summed E-state index contributed by atoms with van der Waals surface area (Å²) in [4.78, 5) is 22.0. The van der Waals surface area contributed by atoms with Crippen LogP contribution in [0.1, 0.15) is 22.3 Å². The number of hydrogen-bond acceptors (Lipinski definition) is 2. The first-order valence-corrected chi connectivity index (χ1v) is 5.05. The molecular formula is C11H11F3N2O2. The summed E-state index contributed by atoms with van der Waals surface area (Å²) < 4.78 is 37.8. The topological polar surface area (TPSA) is 72.2 Å². The van der Waals surface area contributed by atoms with Gasteiger partial charge in [0.1, 0.15) is 0 Å². The molecule has 0 unspecified atom stereocenters. The normalized spacial score (nSPS) is 11.1. The van der Waals surface area contributed by atoms with Gasteiger partial charge in [-0.3, -0.25) is 9.59 Å². The zero-order valence-electron chi connectivity index (χ0n) is 9.25. The average Bonchev–Trinajstić information content (AvgIpc) is 2.27. The molecule has 0 aromatic heterocycles. The number of nitrogens with two attached hydrogens (primary N) is 1. The van der Waals surface area contributed by atoms with Gasteiger partial charge in [-0.25, -0.2) is 0 Å². The summed E-state index contributed by atoms with van der Waals surface area (Å²) in [5, 5.41) is 2.20. The molecule has 7 heteroatoms. The van der Waals surface area contributed by atoms with E-state index in [4.69, 9.17) is 5.73 Å². The molecular weight excluding hydrogens is 249 g/mol. The molecule has 0 aliphatic rings. The highest BCUT2D eigenvalue weighted by molar-refractivity contribution is 5.96. The van der Waals surface area contributed by atoms with E-state index in [0.29, 0.717) is 0 Å². The number of rotatable bonds is 4. The lowest BCUT2D eigenvalue weighted by Crippen LogP contribution is -2.29. The van der Waals surface area contributed by atoms with Gasteiger partial charge in [-0.1, -0.05) is 12.1 Å². The van der Waals surface area contributed by atoms with Crippen molar-refractivity contribution in [3.05, 3.63) is 35.4 Å². The lowest BCUT2D eigenvalue weighted by Gasteiger charge is -2.12. The summed E-state index contributed by atoms with van der Waals surface area (Å²) in [5.74, 6) is -1.52. The lowest BCUT2D eigenvalue weighted by molar-refractivity contribution is -0.138. The van der Waals surface area contributed by atoms with Crippen molar-refractivity contribution in [3.8, 4) is 0 Å². The molecule has 18 heavy (non-hydrogen) atoms. The van der Waals surface area contributed by atoms with E-state index in [1.54, 1.807) is 0 Å². The number of benzene rings is 1. The number of halogens is 3. The zero-order valence-corrected chi connectivity index (χ0v) is 9.25. The average molecular weight is 260 g/mol. The predicted octanol–water partition coefficient (Wildman–Crippen LogP) is 1.31. The number of hydrogen-bond donors (Lipinski definition) is 2. The van der Waals surface area contributed by atoms with Gasteiger partial charge in [-0.15, -0.1) is 0 Å². The van der Waals surface area contributed by atoms with Gasteiger partial charge in [0, 0.05) is 13.0 Å². The Morgan fingerprint density at radius 2 is 1.83 bits per heavy atom. The molecule has 3 N–H and O–H groups in total. The van der Waals surface area contributed by atoms with Crippen LogP contribution in [0.3, 0.4) is 0 Å². The van der Waals surface area contributed by atoms with E-state index in [-0.39, 0.29) is 13.0 Å². The van der Waals surface area contributed by atoms with Gasteiger partial charge in [-0.2, -0.15) is 13.2 Å². The Balaban J connectivity index is 2.83. The van der Waals surface area contributed by atoms with Gasteiger partial charge in [0.15, 0.2) is 0 Å². The maximum absolute atomic E-state index is 12.6. The molecule has 0 saturated carbocycles. The number of carbonyl (C=O) groups excluding carboxylic acids is 2. The van der Waals surface area contributed by atoms with Gasteiger partial charge in [-0.05, 0) is 12.1 Å². The number of carbonyl (C=O) groups is 2. The fraction of sp³-hybridized carbons (Fsp3) is 0.273. The summed E-state index contributed by atoms with van der Waals surface area (Å²) in [6.45, 7) is -0.0969. The fourth-order valence-electron chi connectivity index (χ4n) is 1.32. The van der Waals surface area contributed by atoms with Crippen molar-refractivity contribution in [2.45, 2.75) is 12.6 Å². The third-order valence-electron chi connectivity index (χ3n) is 2.13. The number of primary amides is 1. The smallest absolute Gasteiger partial charge is 0.370 e. The quantitative estimate of drug-likeness (QED) is 0.856. The van der Waals surface area contributed by atoms with Crippen molar-refractivity contribution in [2.75, 3.05) is 6.54 Å². The monoisotopic (exact) mass is 260 g/mol. The Morgan fingerprint density at radius 1 is 1.22 bits per heavy atom. The number of nitrogens with one attached hydrogen (secondary N) is 1. The minimum absolute atomic E-state index is 0.0969. The Morgan fingerprint density at radius 3 is 2.39 bits per heavy atom. The van der Waals surface area contributed by atoms with Crippen LogP contribution in [0, 0.1) is 0 Å². The first-order valence-electron chi connectivity index (χ1n) is 5.05. The van der Waals surface area contributed by atoms with Crippen molar-refractivity contribution in [1.82, 2.24) is 5.32 Å². The van der Waals surface area contributed by atoms with E-state index in [0.717, 1.165) is 12.1 Å². The SMILES string of the molecule is NC(=O)CCNC(=O)c1ccccc1C(F)(F)F. The van der Waals surface area contributed by atoms with Crippen LogP contribution in [0.5, 0.6) is 0 Å². The van der Waals surface area contributed by atoms with Gasteiger partial charge < -0.3 is 11.1 Å². The van der Waals surface area contributed by atoms with Crippen LogP contribution in [0.15, 0.2) is 24.3 Å². The first-order chi connectivity index (χ1) is 8.32. The second kappa shape index (κ2) is 5.52. The highest BCUT2D eigenvalue weighted by atomic mass is 19.4. The minimum Gasteiger partial charge on any atom is -0.370 e. The first kappa shape index (κ1) is 14.0. The van der Waals surface area contributed by atoms with Crippen LogP contribution >= 0.6 is 0 Å². The van der Waals surface area contributed by atoms with Crippen LogP contribution in [-0.2, 0) is 11.0 Å². The third kappa shape index (κ3) is 3.76. The highest BCUT2D eigenvalue weighted by Gasteiger charge is 2.34. The Bertz CT molecular complexity index is 458. The maximum atomic E-state index is 12.6. The molecule has 0 aliphatic heterocycles. The third-order valence-corrected chi connectivity index (χ3v) is 2.13. The number of alkyl halides is 3. The summed E-state index contributed by atoms with van der Waals surface area (Å²) in [6, 6.07) is 4.42. The van der Waals surface area contributed by atoms with Gasteiger partial charge >= 0.3 is 6.18 Å². The summed E-state index contributed by atoms with van der Waals surface area (Å²) in [7, 11) is 0. The van der Waals surface area contributed by atoms with Gasteiger partial charge in [0.25, 0.3) is 5.91 Å². The molecule has 1 aromatic carbocycles. The van der Waals surface area contributed by atoms with Gasteiger partial charge in [0.05, 0.1) is 11.1 Å². The van der Waals surface area contributed by atoms with Crippen molar-refractivity contribution >= 4 is 11.8 Å². The molecule has 98 valence electrons. The number of amides is 2. The van der Waals surface area contributed by atoms with Crippen molar-refractivity contribution in [3.63, 3.8) is 0 Å². The van der Waals surface area contributed by atoms with Crippen LogP contribution in [0.25, 0.3) is 0 Å². The van der Waals surface area contributed by atoms with E-state index in [2.05, 4.69) is 5.32 Å². The van der Waals surface area contributed by atoms with Crippen molar-refractivity contribution in [1.29, 1.82) is 0 Å². The molecule has 0 spiro atoms. The molecule has 4 nitrogen and oxygen atoms in total. The Hall–Kier alpha value is -2.05. The van der Waals surface area contributed by atoms with E-state index >= 15 is 0 Å². The zero-order chi connectivity index (χ0) is 13.8. The molecule has 0 radical (unpaired) electrons. The highest BCUT2D eigenvalue weighted by Crippen LogP contribution is 2.31. The van der Waals surface area contributed by atoms with Crippen molar-refractivity contribution < 1.29 is 22.8 Å². The van der Waals surface area contributed by atoms with Crippen LogP contribution < -0.4 is 11.1 Å². The molecule has 0 aliphatic carbocycles. The summed E-state index contributed by atoms with van der Waals surface area (Å²) in [5.41, 5.74) is 3.36. The molecule has 0 bridgehead atoms. The van der Waals surface area contributed by atoms with Crippen LogP contribution in [0.4, 0.5) is 13.2 Å². The largest absolute Gasteiger partial charge is 0.417 e. The van der Waals surface area contributed by atoms with E-state index in [1.807, 2.05) is 0 Å². The molecule has 0 fully saturated rings. The molecule has 0 saturated heterocycles. The molecule has 1 aromatic rings. The van der Waals surface area contributed by atoms with Crippen LogP contribution in [0.2, 0.25) is 0 Å². The Kier molecular flexibility index (Phi) is 4.30. The molecule has 0 atom stereocenters. The molecule has 0 heterocycles. The lowest BCUT2D eigenvalue weighted by atomic mass is 10.1. The second-order valence-electron chi connectivity index (χ2n) is 3.52. The molecule has 1 rings (SSSR count). The second-order valence-corrected chi connectivity index (χ2v) is 3.52. The minimum atomic E-state index is -4.60. The van der Waals surface area contributed by atoms with Crippen molar-refractivity contribution in [2.24, 2.45) is 5.73 Å². The standard InChI is InChI=1S/C11H11F3N2O2/c12-11(13,14)8-4-2-1-3-7(8)10(18)16-6-5-9(15)17/h1-4H,5-6H2,(H2,15,17)(H,16,18). The van der Waals surface area contributed by atoms with E-state index in [9.17, 15) is 22.8 Å². The van der Waals surface area contributed by atoms with E-state index < -0.39 is 29.1 Å². The van der Waals surface area contributed by atoms with Crippen LogP contribution in [-0.4, -0.2) is 18.4 Å². The summed E-state index contributed by atoms with van der Waals surface area (Å²) >= 11 is 0. The molecule has 2 amide bonds. The van der Waals surface area contributed by atoms with E-state index in [1.165, 1.54) is 12.1 Å². The Labute approximate surface area is 101 Å². The predicted molar refractivity (Wildman–Crippen MR) is 57.6 cm³/mol. The fourth-order valence-corrected chi connectivity index (χ4v) is 1.32. The summed E-state index contributed by atoms with van der Waals surface area (Å²) in [6.07, 6.45) is -4.72.